The summed E-state index contributed by atoms with van der Waals surface area (Å²) >= 11 is 0. The fourth-order valence-corrected chi connectivity index (χ4v) is 5.11. The second kappa shape index (κ2) is 13.2. The van der Waals surface area contributed by atoms with Gasteiger partial charge in [0.15, 0.2) is 5.54 Å². The highest BCUT2D eigenvalue weighted by atomic mass is 35.5. The number of halogens is 3. The van der Waals surface area contributed by atoms with Crippen molar-refractivity contribution in [3.63, 3.8) is 0 Å². The molecule has 4 N–H and O–H groups in total. The van der Waals surface area contributed by atoms with Gasteiger partial charge in [-0.25, -0.2) is 23.4 Å². The van der Waals surface area contributed by atoms with Crippen LogP contribution in [0.1, 0.15) is 43.4 Å². The van der Waals surface area contributed by atoms with Gasteiger partial charge >= 0.3 is 11.9 Å². The van der Waals surface area contributed by atoms with E-state index in [4.69, 9.17) is 35.0 Å². The number of fused-ring (bicyclic) bond motifs is 3. The molecule has 13 heteroatoms. The zero-order chi connectivity index (χ0) is 30.7. The molecule has 0 fully saturated rings. The summed E-state index contributed by atoms with van der Waals surface area (Å²) in [5.41, 5.74) is 4.35. The van der Waals surface area contributed by atoms with E-state index in [0.717, 1.165) is 11.6 Å². The van der Waals surface area contributed by atoms with Gasteiger partial charge in [-0.05, 0) is 62.4 Å². The summed E-state index contributed by atoms with van der Waals surface area (Å²) in [4.78, 5) is 36.8. The highest BCUT2D eigenvalue weighted by molar-refractivity contribution is 6.08. The fraction of sp³-hybridized carbons (Fsp3) is 0.267. The van der Waals surface area contributed by atoms with E-state index in [1.807, 2.05) is 37.3 Å². The summed E-state index contributed by atoms with van der Waals surface area (Å²) in [5.74, 6) is -1.54. The Bertz CT molecular complexity index is 1540. The summed E-state index contributed by atoms with van der Waals surface area (Å²) in [6, 6.07) is 17.1. The largest absolute Gasteiger partial charge is 0.490 e. The number of aliphatic carboxylic acids is 1. The number of carbonyl (C=O) groups is 3. The third kappa shape index (κ3) is 6.60. The van der Waals surface area contributed by atoms with Crippen molar-refractivity contribution in [3.8, 4) is 11.5 Å². The van der Waals surface area contributed by atoms with Gasteiger partial charge in [-0.15, -0.1) is 12.4 Å². The molecule has 3 aromatic carbocycles. The van der Waals surface area contributed by atoms with Gasteiger partial charge in [0.1, 0.15) is 28.7 Å². The number of carboxylic acids is 1. The van der Waals surface area contributed by atoms with Crippen LogP contribution >= 0.6 is 12.4 Å². The topological polar surface area (TPSA) is 158 Å². The Morgan fingerprint density at radius 3 is 2.02 bits per heavy atom. The molecule has 4 atom stereocenters. The Labute approximate surface area is 251 Å². The number of nitrogens with zero attached hydrogens (tertiary/aromatic N) is 1. The molecular formula is C30H29ClF2N2O8. The molecule has 6 rings (SSSR count). The first kappa shape index (κ1) is 33.0. The average Bonchev–Trinajstić information content (AvgIpc) is 3.26. The molecule has 1 unspecified atom stereocenters. The SMILES string of the molecule is C[C@@H]1CC2(N=C(c3ccccc3)OC2=O)c2cc(F)ccc2O1.C[C@@H]1C[C@](N)(C(=O)O)c2cc(F)ccc2O1.Cl.O=CO. The Morgan fingerprint density at radius 1 is 0.953 bits per heavy atom. The molecular weight excluding hydrogens is 590 g/mol. The Morgan fingerprint density at radius 2 is 1.47 bits per heavy atom. The molecule has 0 saturated carbocycles. The van der Waals surface area contributed by atoms with Crippen LogP contribution in [0.25, 0.3) is 0 Å². The molecule has 10 nitrogen and oxygen atoms in total. The Balaban J connectivity index is 0.000000223. The van der Waals surface area contributed by atoms with Crippen molar-refractivity contribution < 1.29 is 47.6 Å². The maximum absolute atomic E-state index is 13.7. The predicted molar refractivity (Wildman–Crippen MR) is 152 cm³/mol. The maximum Gasteiger partial charge on any atom is 0.345 e. The van der Waals surface area contributed by atoms with Crippen LogP contribution in [0.4, 0.5) is 8.78 Å². The molecule has 0 radical (unpaired) electrons. The minimum atomic E-state index is -1.57. The van der Waals surface area contributed by atoms with E-state index in [2.05, 4.69) is 4.99 Å². The standard InChI is InChI=1S/C18H14FNO3.C11H12FNO3.CH2O2.ClH/c1-11-10-18(14-9-13(19)7-8-15(14)22-11)17(21)23-16(20-18)12-5-3-2-4-6-12;1-6-5-11(13,10(14)15)8-4-7(12)2-3-9(8)16-6;2-1-3;/h2-9,11H,10H2,1H3;2-4,6H,5,13H2,1H3,(H,14,15);1H,(H,2,3);1H/t11-,18?;6-,11-;;/m11../s1. The van der Waals surface area contributed by atoms with Gasteiger partial charge in [0.25, 0.3) is 6.47 Å². The monoisotopic (exact) mass is 618 g/mol. The first-order valence-electron chi connectivity index (χ1n) is 12.8. The van der Waals surface area contributed by atoms with Gasteiger partial charge in [-0.1, -0.05) is 18.2 Å². The van der Waals surface area contributed by atoms with Crippen LogP contribution < -0.4 is 15.2 Å². The second-order valence-electron chi connectivity index (χ2n) is 9.96. The number of benzene rings is 3. The predicted octanol–water partition coefficient (Wildman–Crippen LogP) is 4.55. The van der Waals surface area contributed by atoms with E-state index in [1.165, 1.54) is 30.3 Å². The van der Waals surface area contributed by atoms with Crippen molar-refractivity contribution in [1.29, 1.82) is 0 Å². The zero-order valence-electron chi connectivity index (χ0n) is 23.0. The van der Waals surface area contributed by atoms with E-state index < -0.39 is 34.7 Å². The molecule has 3 aliphatic heterocycles. The summed E-state index contributed by atoms with van der Waals surface area (Å²) in [5, 5.41) is 16.0. The Kier molecular flexibility index (Phi) is 10.1. The number of hydrogen-bond donors (Lipinski definition) is 3. The van der Waals surface area contributed by atoms with Gasteiger partial charge < -0.3 is 30.2 Å². The van der Waals surface area contributed by atoms with Crippen molar-refractivity contribution in [2.45, 2.75) is 50.0 Å². The number of cyclic esters (lactones) is 1. The van der Waals surface area contributed by atoms with Crippen molar-refractivity contribution in [3.05, 3.63) is 95.1 Å². The lowest BCUT2D eigenvalue weighted by Gasteiger charge is -2.35. The second-order valence-corrected chi connectivity index (χ2v) is 9.96. The number of carboxylic acid groups (broad SMARTS) is 2. The van der Waals surface area contributed by atoms with Gasteiger partial charge in [-0.3, -0.25) is 4.79 Å². The lowest BCUT2D eigenvalue weighted by molar-refractivity contribution is -0.145. The molecule has 1 spiro atoms. The maximum atomic E-state index is 13.7. The normalized spacial score (nSPS) is 24.4. The summed E-state index contributed by atoms with van der Waals surface area (Å²) in [6.45, 7) is 3.34. The van der Waals surface area contributed by atoms with Crippen LogP contribution in [-0.2, 0) is 30.2 Å². The van der Waals surface area contributed by atoms with E-state index in [1.54, 1.807) is 6.92 Å². The van der Waals surface area contributed by atoms with E-state index in [0.29, 0.717) is 23.5 Å². The van der Waals surface area contributed by atoms with Gasteiger partial charge in [0.05, 0.1) is 12.2 Å². The number of hydrogen-bond acceptors (Lipinski definition) is 8. The zero-order valence-corrected chi connectivity index (χ0v) is 23.8. The molecule has 3 aliphatic rings. The number of nitrogens with two attached hydrogens (primary N) is 1. The third-order valence-electron chi connectivity index (χ3n) is 6.88. The highest BCUT2D eigenvalue weighted by Gasteiger charge is 2.53. The number of aliphatic imine (C=N–C) groups is 1. The highest BCUT2D eigenvalue weighted by Crippen LogP contribution is 2.46. The number of ether oxygens (including phenoxy) is 3. The minimum absolute atomic E-state index is 0. The summed E-state index contributed by atoms with van der Waals surface area (Å²) in [6.07, 6.45) is -0.0873. The van der Waals surface area contributed by atoms with E-state index >= 15 is 0 Å². The first-order valence-corrected chi connectivity index (χ1v) is 12.8. The molecule has 0 saturated heterocycles. The first-order chi connectivity index (χ1) is 19.9. The summed E-state index contributed by atoms with van der Waals surface area (Å²) < 4.78 is 43.4. The number of rotatable bonds is 2. The smallest absolute Gasteiger partial charge is 0.345 e. The molecule has 228 valence electrons. The van der Waals surface area contributed by atoms with Crippen LogP contribution in [0.15, 0.2) is 71.7 Å². The fourth-order valence-electron chi connectivity index (χ4n) is 5.11. The van der Waals surface area contributed by atoms with Crippen molar-refractivity contribution in [1.82, 2.24) is 0 Å². The molecule has 43 heavy (non-hydrogen) atoms. The molecule has 0 amide bonds. The molecule has 0 bridgehead atoms. The van der Waals surface area contributed by atoms with Crippen LogP contribution in [0.3, 0.4) is 0 Å². The van der Waals surface area contributed by atoms with Crippen molar-refractivity contribution >= 4 is 36.7 Å². The van der Waals surface area contributed by atoms with Crippen LogP contribution in [0.5, 0.6) is 11.5 Å². The van der Waals surface area contributed by atoms with Crippen LogP contribution in [0.2, 0.25) is 0 Å². The number of esters is 1. The van der Waals surface area contributed by atoms with Crippen molar-refractivity contribution in [2.24, 2.45) is 10.7 Å². The van der Waals surface area contributed by atoms with Gasteiger partial charge in [-0.2, -0.15) is 0 Å². The van der Waals surface area contributed by atoms with Gasteiger partial charge in [0, 0.05) is 29.5 Å². The van der Waals surface area contributed by atoms with E-state index in [9.17, 15) is 18.4 Å². The Hall–Kier alpha value is -4.55. The van der Waals surface area contributed by atoms with E-state index in [-0.39, 0.29) is 49.0 Å². The average molecular weight is 619 g/mol. The van der Waals surface area contributed by atoms with Crippen molar-refractivity contribution in [2.75, 3.05) is 0 Å². The lowest BCUT2D eigenvalue weighted by atomic mass is 9.83. The van der Waals surface area contributed by atoms with Crippen LogP contribution in [0, 0.1) is 11.6 Å². The van der Waals surface area contributed by atoms with Gasteiger partial charge in [0.2, 0.25) is 5.90 Å². The quantitative estimate of drug-likeness (QED) is 0.277. The summed E-state index contributed by atoms with van der Waals surface area (Å²) in [7, 11) is 0. The molecule has 0 aromatic heterocycles. The lowest BCUT2D eigenvalue weighted by Crippen LogP contribution is -2.50. The molecule has 0 aliphatic carbocycles. The van der Waals surface area contributed by atoms with Crippen LogP contribution in [-0.4, -0.2) is 46.7 Å². The molecule has 3 heterocycles. The number of carbonyl (C=O) groups excluding carboxylic acids is 1. The third-order valence-corrected chi connectivity index (χ3v) is 6.88. The molecule has 3 aromatic rings. The minimum Gasteiger partial charge on any atom is -0.490 e.